The average Bonchev–Trinajstić information content (AvgIpc) is 3.25. The third kappa shape index (κ3) is 4.92. The molecule has 1 aromatic heterocycles. The van der Waals surface area contributed by atoms with Crippen molar-refractivity contribution in [3.63, 3.8) is 0 Å². The predicted octanol–water partition coefficient (Wildman–Crippen LogP) is 4.50. The highest BCUT2D eigenvalue weighted by Crippen LogP contribution is 2.42. The molecule has 3 saturated heterocycles. The van der Waals surface area contributed by atoms with Gasteiger partial charge in [-0.25, -0.2) is 0 Å². The number of hydrogen-bond donors (Lipinski definition) is 2. The van der Waals surface area contributed by atoms with Gasteiger partial charge in [-0.15, -0.1) is 0 Å². The normalized spacial score (nSPS) is 27.2. The Morgan fingerprint density at radius 1 is 1.21 bits per heavy atom. The molecule has 4 aliphatic rings. The van der Waals surface area contributed by atoms with E-state index in [4.69, 9.17) is 22.6 Å². The molecule has 4 atom stereocenters. The Balaban J connectivity index is 1.17. The fourth-order valence-electron chi connectivity index (χ4n) is 6.19. The van der Waals surface area contributed by atoms with Gasteiger partial charge in [-0.2, -0.15) is 10.4 Å². The summed E-state index contributed by atoms with van der Waals surface area (Å²) in [4.78, 5) is 2.64. The van der Waals surface area contributed by atoms with Crippen LogP contribution in [-0.4, -0.2) is 45.5 Å². The number of nitriles is 1. The zero-order valence-electron chi connectivity index (χ0n) is 19.5. The van der Waals surface area contributed by atoms with Gasteiger partial charge in [0.15, 0.2) is 5.11 Å². The number of aryl methyl sites for hydroxylation is 1. The summed E-state index contributed by atoms with van der Waals surface area (Å²) in [5.41, 5.74) is 4.25. The number of aromatic nitrogens is 2. The fraction of sp³-hybridized carbons (Fsp3) is 0.577. The third-order valence-corrected chi connectivity index (χ3v) is 8.21. The lowest BCUT2D eigenvalue weighted by molar-refractivity contribution is 0.0303. The third-order valence-electron chi connectivity index (χ3n) is 7.96. The van der Waals surface area contributed by atoms with E-state index in [2.05, 4.69) is 39.4 Å². The number of nitrogens with zero attached hydrogens (tertiary/aromatic N) is 4. The van der Waals surface area contributed by atoms with Crippen molar-refractivity contribution in [2.24, 2.45) is 13.0 Å². The molecule has 174 valence electrons. The summed E-state index contributed by atoms with van der Waals surface area (Å²) in [5, 5.41) is 21.3. The monoisotopic (exact) mass is 462 g/mol. The molecule has 0 amide bonds. The molecular formula is C26H34N6S. The summed E-state index contributed by atoms with van der Waals surface area (Å²) in [6, 6.07) is 12.5. The second kappa shape index (κ2) is 9.82. The molecule has 2 bridgehead atoms. The molecule has 6 rings (SSSR count). The molecule has 4 fully saturated rings. The molecule has 1 aliphatic carbocycles. The van der Waals surface area contributed by atoms with Gasteiger partial charge in [-0.05, 0) is 74.6 Å². The minimum Gasteiger partial charge on any atom is -0.361 e. The van der Waals surface area contributed by atoms with Gasteiger partial charge in [-0.3, -0.25) is 9.58 Å². The maximum absolute atomic E-state index is 9.08. The number of benzene rings is 1. The first-order valence-electron chi connectivity index (χ1n) is 12.4. The first-order valence-corrected chi connectivity index (χ1v) is 12.8. The van der Waals surface area contributed by atoms with Crippen molar-refractivity contribution in [1.29, 1.82) is 5.26 Å². The molecule has 33 heavy (non-hydrogen) atoms. The summed E-state index contributed by atoms with van der Waals surface area (Å²) in [6.07, 6.45) is 9.18. The number of fused-ring (bicyclic) bond motifs is 3. The van der Waals surface area contributed by atoms with E-state index in [1.807, 2.05) is 18.2 Å². The van der Waals surface area contributed by atoms with Crippen molar-refractivity contribution in [2.45, 2.75) is 62.8 Å². The van der Waals surface area contributed by atoms with Crippen LogP contribution in [0.25, 0.3) is 0 Å². The second-order valence-corrected chi connectivity index (χ2v) is 10.4. The Labute approximate surface area is 202 Å². The van der Waals surface area contributed by atoms with Gasteiger partial charge in [0.1, 0.15) is 0 Å². The van der Waals surface area contributed by atoms with Gasteiger partial charge in [-0.1, -0.05) is 25.3 Å². The quantitative estimate of drug-likeness (QED) is 0.638. The van der Waals surface area contributed by atoms with E-state index in [9.17, 15) is 0 Å². The second-order valence-electron chi connectivity index (χ2n) is 10.0. The van der Waals surface area contributed by atoms with Gasteiger partial charge < -0.3 is 10.6 Å². The summed E-state index contributed by atoms with van der Waals surface area (Å²) >= 11 is 5.52. The van der Waals surface area contributed by atoms with E-state index in [0.717, 1.165) is 18.8 Å². The molecule has 4 heterocycles. The minimum atomic E-state index is 0.510. The van der Waals surface area contributed by atoms with E-state index < -0.39 is 0 Å². The summed E-state index contributed by atoms with van der Waals surface area (Å²) in [7, 11) is 2.14. The van der Waals surface area contributed by atoms with E-state index in [1.165, 1.54) is 62.9 Å². The van der Waals surface area contributed by atoms with Crippen molar-refractivity contribution >= 4 is 23.0 Å². The molecule has 1 aromatic carbocycles. The molecule has 2 N–H and O–H groups in total. The lowest BCUT2D eigenvalue weighted by Crippen LogP contribution is -2.56. The maximum atomic E-state index is 9.08. The van der Waals surface area contributed by atoms with E-state index in [0.29, 0.717) is 34.5 Å². The van der Waals surface area contributed by atoms with Crippen LogP contribution in [0, 0.1) is 17.2 Å². The van der Waals surface area contributed by atoms with Crippen LogP contribution in [0.1, 0.15) is 73.7 Å². The minimum absolute atomic E-state index is 0.510. The number of anilines is 1. The predicted molar refractivity (Wildman–Crippen MR) is 135 cm³/mol. The first-order chi connectivity index (χ1) is 16.1. The van der Waals surface area contributed by atoms with Crippen LogP contribution in [0.5, 0.6) is 0 Å². The number of thiocarbonyl (C=S) groups is 1. The number of rotatable bonds is 5. The van der Waals surface area contributed by atoms with Crippen LogP contribution >= 0.6 is 12.2 Å². The molecule has 0 spiro atoms. The Kier molecular flexibility index (Phi) is 6.66. The Hall–Kier alpha value is -2.43. The van der Waals surface area contributed by atoms with Crippen molar-refractivity contribution in [3.8, 4) is 6.07 Å². The summed E-state index contributed by atoms with van der Waals surface area (Å²) in [5.74, 6) is 1.97. The number of hydrogen-bond acceptors (Lipinski definition) is 4. The Morgan fingerprint density at radius 3 is 2.82 bits per heavy atom. The lowest BCUT2D eigenvalue weighted by Gasteiger charge is -2.50. The molecule has 0 radical (unpaired) electrons. The van der Waals surface area contributed by atoms with E-state index in [1.54, 1.807) is 6.07 Å². The van der Waals surface area contributed by atoms with Crippen molar-refractivity contribution < 1.29 is 0 Å². The van der Waals surface area contributed by atoms with Crippen LogP contribution in [-0.2, 0) is 7.05 Å². The van der Waals surface area contributed by atoms with Crippen molar-refractivity contribution in [3.05, 3.63) is 47.3 Å². The SMILES string of the molecule is Cn1nc(C2CCCCC2)cc1C1CN2CCC1CC2CNC(=S)Nc1cccc(C#N)c1. The zero-order valence-corrected chi connectivity index (χ0v) is 20.3. The number of piperidine rings is 3. The summed E-state index contributed by atoms with van der Waals surface area (Å²) in [6.45, 7) is 3.14. The van der Waals surface area contributed by atoms with Gasteiger partial charge in [0, 0.05) is 49.4 Å². The largest absolute Gasteiger partial charge is 0.361 e. The average molecular weight is 463 g/mol. The van der Waals surface area contributed by atoms with Crippen molar-refractivity contribution in [2.75, 3.05) is 25.0 Å². The Bertz CT molecular complexity index is 1030. The van der Waals surface area contributed by atoms with Crippen molar-refractivity contribution in [1.82, 2.24) is 20.0 Å². The highest BCUT2D eigenvalue weighted by Gasteiger charge is 2.42. The van der Waals surface area contributed by atoms with Crippen LogP contribution in [0.4, 0.5) is 5.69 Å². The topological polar surface area (TPSA) is 68.9 Å². The molecule has 7 heteroatoms. The number of nitrogens with one attached hydrogen (secondary N) is 2. The smallest absolute Gasteiger partial charge is 0.170 e. The van der Waals surface area contributed by atoms with Gasteiger partial charge in [0.05, 0.1) is 17.3 Å². The lowest BCUT2D eigenvalue weighted by atomic mass is 9.74. The van der Waals surface area contributed by atoms with Gasteiger partial charge in [0.25, 0.3) is 0 Å². The van der Waals surface area contributed by atoms with E-state index in [-0.39, 0.29) is 0 Å². The van der Waals surface area contributed by atoms with Crippen LogP contribution in [0.3, 0.4) is 0 Å². The van der Waals surface area contributed by atoms with E-state index >= 15 is 0 Å². The van der Waals surface area contributed by atoms with Gasteiger partial charge in [0.2, 0.25) is 0 Å². The first kappa shape index (κ1) is 22.4. The molecule has 3 aliphatic heterocycles. The zero-order chi connectivity index (χ0) is 22.8. The summed E-state index contributed by atoms with van der Waals surface area (Å²) < 4.78 is 2.18. The van der Waals surface area contributed by atoms with Crippen LogP contribution < -0.4 is 10.6 Å². The van der Waals surface area contributed by atoms with Gasteiger partial charge >= 0.3 is 0 Å². The molecule has 6 nitrogen and oxygen atoms in total. The fourth-order valence-corrected chi connectivity index (χ4v) is 6.39. The molecule has 4 unspecified atom stereocenters. The highest BCUT2D eigenvalue weighted by molar-refractivity contribution is 7.80. The molecule has 1 saturated carbocycles. The molecule has 2 aromatic rings. The Morgan fingerprint density at radius 2 is 2.06 bits per heavy atom. The molecular weight excluding hydrogens is 428 g/mol. The maximum Gasteiger partial charge on any atom is 0.170 e. The van der Waals surface area contributed by atoms with Crippen LogP contribution in [0.15, 0.2) is 30.3 Å². The highest BCUT2D eigenvalue weighted by atomic mass is 32.1. The standard InChI is InChI=1S/C26H34N6S/c1-31-25(14-24(30-31)19-7-3-2-4-8-19)23-17-32-11-10-20(23)13-22(32)16-28-26(33)29-21-9-5-6-18(12-21)15-27/h5-6,9,12,14,19-20,22-23H,2-4,7-8,10-11,13,16-17H2,1H3,(H2,28,29,33). The van der Waals surface area contributed by atoms with Crippen LogP contribution in [0.2, 0.25) is 0 Å².